The fraction of sp³-hybridized carbons (Fsp3) is 0.222. The summed E-state index contributed by atoms with van der Waals surface area (Å²) in [5, 5.41) is 17.3. The predicted octanol–water partition coefficient (Wildman–Crippen LogP) is 2.74. The SMILES string of the molecule is CN1C(=O)Cc2cc(Nc3cc4c(cc3[N+](=O)[O-])CCC(=O)N4)ccc21. The number of rotatable bonds is 3. The van der Waals surface area contributed by atoms with Crippen LogP contribution in [0, 0.1) is 10.1 Å². The average Bonchev–Trinajstić information content (AvgIpc) is 2.88. The maximum atomic E-state index is 11.8. The summed E-state index contributed by atoms with van der Waals surface area (Å²) in [6, 6.07) is 8.50. The van der Waals surface area contributed by atoms with Crippen LogP contribution in [-0.2, 0) is 22.4 Å². The van der Waals surface area contributed by atoms with Crippen LogP contribution in [0.25, 0.3) is 0 Å². The third-order valence-corrected chi connectivity index (χ3v) is 4.75. The van der Waals surface area contributed by atoms with E-state index in [1.165, 1.54) is 6.07 Å². The molecule has 0 unspecified atom stereocenters. The number of carbonyl (C=O) groups excluding carboxylic acids is 2. The first-order valence-electron chi connectivity index (χ1n) is 8.20. The summed E-state index contributed by atoms with van der Waals surface area (Å²) in [4.78, 5) is 36.0. The monoisotopic (exact) mass is 352 g/mol. The standard InChI is InChI=1S/C18H16N4O4/c1-21-15-4-3-12(6-11(15)8-18(21)24)19-14-9-13-10(2-5-17(23)20-13)7-16(14)22(25)26/h3-4,6-7,9,19H,2,5,8H2,1H3,(H,20,23). The first-order valence-corrected chi connectivity index (χ1v) is 8.20. The molecule has 0 radical (unpaired) electrons. The Hall–Kier alpha value is -3.42. The largest absolute Gasteiger partial charge is 0.350 e. The van der Waals surface area contributed by atoms with E-state index in [1.54, 1.807) is 24.1 Å². The van der Waals surface area contributed by atoms with E-state index in [2.05, 4.69) is 10.6 Å². The zero-order valence-electron chi connectivity index (χ0n) is 14.0. The second-order valence-electron chi connectivity index (χ2n) is 6.43. The molecule has 4 rings (SSSR count). The molecule has 2 amide bonds. The first-order chi connectivity index (χ1) is 12.4. The summed E-state index contributed by atoms with van der Waals surface area (Å²) in [5.74, 6) is -0.0870. The van der Waals surface area contributed by atoms with Crippen LogP contribution in [0.1, 0.15) is 17.5 Å². The maximum Gasteiger partial charge on any atom is 0.293 e. The van der Waals surface area contributed by atoms with Gasteiger partial charge in [0, 0.05) is 36.6 Å². The molecule has 0 saturated heterocycles. The van der Waals surface area contributed by atoms with Crippen molar-refractivity contribution >= 4 is 40.3 Å². The van der Waals surface area contributed by atoms with Gasteiger partial charge in [-0.3, -0.25) is 19.7 Å². The molecule has 0 spiro atoms. The van der Waals surface area contributed by atoms with Gasteiger partial charge in [-0.05, 0) is 41.8 Å². The van der Waals surface area contributed by atoms with E-state index in [4.69, 9.17) is 0 Å². The van der Waals surface area contributed by atoms with Crippen molar-refractivity contribution in [3.63, 3.8) is 0 Å². The van der Waals surface area contributed by atoms with Gasteiger partial charge in [-0.25, -0.2) is 0 Å². The molecule has 0 aromatic heterocycles. The Morgan fingerprint density at radius 1 is 1.15 bits per heavy atom. The fourth-order valence-electron chi connectivity index (χ4n) is 3.37. The number of nitrogens with one attached hydrogen (secondary N) is 2. The molecule has 2 N–H and O–H groups in total. The van der Waals surface area contributed by atoms with Crippen LogP contribution in [0.3, 0.4) is 0 Å². The van der Waals surface area contributed by atoms with Crippen molar-refractivity contribution in [3.05, 3.63) is 51.6 Å². The molecule has 2 aromatic rings. The van der Waals surface area contributed by atoms with E-state index >= 15 is 0 Å². The molecular formula is C18H16N4O4. The van der Waals surface area contributed by atoms with Gasteiger partial charge in [0.1, 0.15) is 5.69 Å². The lowest BCUT2D eigenvalue weighted by Gasteiger charge is -2.18. The van der Waals surface area contributed by atoms with E-state index in [0.29, 0.717) is 36.3 Å². The van der Waals surface area contributed by atoms with Gasteiger partial charge in [-0.2, -0.15) is 0 Å². The number of fused-ring (bicyclic) bond motifs is 2. The molecule has 0 saturated carbocycles. The van der Waals surface area contributed by atoms with Crippen LogP contribution in [0.5, 0.6) is 0 Å². The molecule has 2 aliphatic rings. The molecular weight excluding hydrogens is 336 g/mol. The molecule has 8 heteroatoms. The van der Waals surface area contributed by atoms with Gasteiger partial charge in [0.05, 0.1) is 11.3 Å². The topological polar surface area (TPSA) is 105 Å². The highest BCUT2D eigenvalue weighted by atomic mass is 16.6. The predicted molar refractivity (Wildman–Crippen MR) is 96.9 cm³/mol. The zero-order valence-corrected chi connectivity index (χ0v) is 14.0. The lowest BCUT2D eigenvalue weighted by atomic mass is 10.0. The minimum absolute atomic E-state index is 0.0135. The van der Waals surface area contributed by atoms with Crippen LogP contribution in [-0.4, -0.2) is 23.8 Å². The van der Waals surface area contributed by atoms with Crippen LogP contribution in [0.4, 0.5) is 28.4 Å². The van der Waals surface area contributed by atoms with Crippen molar-refractivity contribution in [2.45, 2.75) is 19.3 Å². The van der Waals surface area contributed by atoms with Gasteiger partial charge in [-0.15, -0.1) is 0 Å². The summed E-state index contributed by atoms with van der Waals surface area (Å²) in [5.41, 5.74) is 3.96. The third-order valence-electron chi connectivity index (χ3n) is 4.75. The molecule has 8 nitrogen and oxygen atoms in total. The second-order valence-corrected chi connectivity index (χ2v) is 6.43. The third kappa shape index (κ3) is 2.65. The summed E-state index contributed by atoms with van der Waals surface area (Å²) >= 11 is 0. The molecule has 132 valence electrons. The number of anilines is 4. The number of nitrogens with zero attached hydrogens (tertiary/aromatic N) is 2. The number of benzene rings is 2. The Bertz CT molecular complexity index is 970. The van der Waals surface area contributed by atoms with Crippen LogP contribution < -0.4 is 15.5 Å². The van der Waals surface area contributed by atoms with E-state index < -0.39 is 4.92 Å². The number of likely N-dealkylation sites (N-methyl/N-ethyl adjacent to an activating group) is 1. The Balaban J connectivity index is 1.71. The Morgan fingerprint density at radius 3 is 2.73 bits per heavy atom. The Labute approximate surface area is 149 Å². The van der Waals surface area contributed by atoms with Gasteiger partial charge in [0.15, 0.2) is 0 Å². The molecule has 2 aromatic carbocycles. The van der Waals surface area contributed by atoms with E-state index in [0.717, 1.165) is 16.8 Å². The van der Waals surface area contributed by atoms with E-state index in [1.807, 2.05) is 12.1 Å². The van der Waals surface area contributed by atoms with Crippen molar-refractivity contribution in [2.24, 2.45) is 0 Å². The fourth-order valence-corrected chi connectivity index (χ4v) is 3.37. The number of aryl methyl sites for hydroxylation is 1. The van der Waals surface area contributed by atoms with Gasteiger partial charge in [0.2, 0.25) is 11.8 Å². The van der Waals surface area contributed by atoms with Crippen LogP contribution in [0.15, 0.2) is 30.3 Å². The Morgan fingerprint density at radius 2 is 1.96 bits per heavy atom. The summed E-state index contributed by atoms with van der Waals surface area (Å²) in [6.45, 7) is 0. The van der Waals surface area contributed by atoms with E-state index in [9.17, 15) is 19.7 Å². The number of amides is 2. The van der Waals surface area contributed by atoms with Crippen molar-refractivity contribution in [1.82, 2.24) is 0 Å². The average molecular weight is 352 g/mol. The summed E-state index contributed by atoms with van der Waals surface area (Å²) < 4.78 is 0. The molecule has 0 bridgehead atoms. The van der Waals surface area contributed by atoms with E-state index in [-0.39, 0.29) is 17.5 Å². The molecule has 0 aliphatic carbocycles. The van der Waals surface area contributed by atoms with Gasteiger partial charge < -0.3 is 15.5 Å². The zero-order chi connectivity index (χ0) is 18.4. The lowest BCUT2D eigenvalue weighted by Crippen LogP contribution is -2.20. The number of hydrogen-bond acceptors (Lipinski definition) is 5. The number of hydrogen-bond donors (Lipinski definition) is 2. The second kappa shape index (κ2) is 5.83. The van der Waals surface area contributed by atoms with Crippen LogP contribution in [0.2, 0.25) is 0 Å². The molecule has 2 aliphatic heterocycles. The maximum absolute atomic E-state index is 11.8. The lowest BCUT2D eigenvalue weighted by molar-refractivity contribution is -0.384. The Kier molecular flexibility index (Phi) is 3.61. The van der Waals surface area contributed by atoms with Crippen LogP contribution >= 0.6 is 0 Å². The minimum atomic E-state index is -0.441. The normalized spacial score (nSPS) is 15.3. The summed E-state index contributed by atoms with van der Waals surface area (Å²) in [7, 11) is 1.72. The first kappa shape index (κ1) is 16.1. The van der Waals surface area contributed by atoms with Crippen molar-refractivity contribution < 1.29 is 14.5 Å². The number of nitro groups is 1. The van der Waals surface area contributed by atoms with Crippen molar-refractivity contribution in [1.29, 1.82) is 0 Å². The van der Waals surface area contributed by atoms with Crippen molar-refractivity contribution in [2.75, 3.05) is 22.6 Å². The molecule has 0 atom stereocenters. The van der Waals surface area contributed by atoms with Gasteiger partial charge >= 0.3 is 0 Å². The minimum Gasteiger partial charge on any atom is -0.350 e. The quantitative estimate of drug-likeness (QED) is 0.653. The highest BCUT2D eigenvalue weighted by Gasteiger charge is 2.25. The van der Waals surface area contributed by atoms with Crippen molar-refractivity contribution in [3.8, 4) is 0 Å². The number of carbonyl (C=O) groups is 2. The van der Waals surface area contributed by atoms with Gasteiger partial charge in [-0.1, -0.05) is 0 Å². The molecule has 26 heavy (non-hydrogen) atoms. The summed E-state index contributed by atoms with van der Waals surface area (Å²) in [6.07, 6.45) is 1.11. The molecule has 2 heterocycles. The highest BCUT2D eigenvalue weighted by Crippen LogP contribution is 2.37. The highest BCUT2D eigenvalue weighted by molar-refractivity contribution is 6.01. The molecule has 0 fully saturated rings. The number of nitro benzene ring substituents is 1. The van der Waals surface area contributed by atoms with Gasteiger partial charge in [0.25, 0.3) is 5.69 Å². The smallest absolute Gasteiger partial charge is 0.293 e.